The van der Waals surface area contributed by atoms with Crippen LogP contribution in [0.2, 0.25) is 0 Å². The molecule has 0 spiro atoms. The molecule has 0 saturated carbocycles. The van der Waals surface area contributed by atoms with Crippen molar-refractivity contribution >= 4 is 27.1 Å². The zero-order valence-electron chi connectivity index (χ0n) is 10.2. The average molecular weight is 302 g/mol. The number of hydrogen-bond acceptors (Lipinski definition) is 5. The molecule has 0 aliphatic carbocycles. The Morgan fingerprint density at radius 1 is 1.45 bits per heavy atom. The summed E-state index contributed by atoms with van der Waals surface area (Å²) in [6.45, 7) is 0. The molecule has 2 rings (SSSR count). The van der Waals surface area contributed by atoms with E-state index in [0.29, 0.717) is 0 Å². The van der Waals surface area contributed by atoms with E-state index in [9.17, 15) is 27.7 Å². The number of non-ortho nitro benzene ring substituents is 1. The van der Waals surface area contributed by atoms with E-state index in [1.165, 1.54) is 0 Å². The number of nitro benzene ring substituents is 1. The van der Waals surface area contributed by atoms with Crippen LogP contribution in [0.5, 0.6) is 0 Å². The second kappa shape index (κ2) is 5.16. The summed E-state index contributed by atoms with van der Waals surface area (Å²) in [4.78, 5) is 21.7. The molecule has 1 amide bonds. The summed E-state index contributed by atoms with van der Waals surface area (Å²) in [7, 11) is -3.23. The van der Waals surface area contributed by atoms with Crippen molar-refractivity contribution in [2.75, 3.05) is 16.8 Å². The predicted octanol–water partition coefficient (Wildman–Crippen LogP) is 1.11. The standard InChI is InChI=1S/C11H11FN2O5S/c12-9-2-1-8(14(16)17)5-10(9)13-11(15)7-3-4-20(18,19)6-7/h1-2,5,7H,3-4,6H2,(H,13,15)/t7-/m1/s1. The summed E-state index contributed by atoms with van der Waals surface area (Å²) in [6, 6.07) is 2.75. The SMILES string of the molecule is O=C(Nc1cc([N+](=O)[O-])ccc1F)[C@@H]1CCS(=O)(=O)C1. The number of halogens is 1. The molecule has 1 N–H and O–H groups in total. The van der Waals surface area contributed by atoms with Crippen LogP contribution in [0.3, 0.4) is 0 Å². The van der Waals surface area contributed by atoms with Crippen LogP contribution in [0.15, 0.2) is 18.2 Å². The summed E-state index contributed by atoms with van der Waals surface area (Å²) in [5.74, 6) is -2.58. The van der Waals surface area contributed by atoms with Crippen molar-refractivity contribution in [3.05, 3.63) is 34.1 Å². The molecule has 108 valence electrons. The fraction of sp³-hybridized carbons (Fsp3) is 0.364. The maximum atomic E-state index is 13.5. The zero-order chi connectivity index (χ0) is 14.9. The first-order valence-corrected chi connectivity index (χ1v) is 7.56. The second-order valence-corrected chi connectivity index (χ2v) is 6.74. The molecule has 1 aromatic carbocycles. The van der Waals surface area contributed by atoms with Gasteiger partial charge in [0.15, 0.2) is 9.84 Å². The molecule has 0 unspecified atom stereocenters. The number of carbonyl (C=O) groups excluding carboxylic acids is 1. The lowest BCUT2D eigenvalue weighted by atomic mass is 10.1. The summed E-state index contributed by atoms with van der Waals surface area (Å²) < 4.78 is 36.0. The smallest absolute Gasteiger partial charge is 0.271 e. The molecule has 7 nitrogen and oxygen atoms in total. The molecule has 1 aliphatic rings. The largest absolute Gasteiger partial charge is 0.323 e. The Kier molecular flexibility index (Phi) is 3.71. The van der Waals surface area contributed by atoms with E-state index in [-0.39, 0.29) is 29.3 Å². The fourth-order valence-corrected chi connectivity index (χ4v) is 3.70. The zero-order valence-corrected chi connectivity index (χ0v) is 11.0. The Morgan fingerprint density at radius 3 is 2.70 bits per heavy atom. The first-order valence-electron chi connectivity index (χ1n) is 5.74. The van der Waals surface area contributed by atoms with E-state index < -0.39 is 32.4 Å². The topological polar surface area (TPSA) is 106 Å². The minimum absolute atomic E-state index is 0.0808. The molecule has 0 radical (unpaired) electrons. The number of benzene rings is 1. The highest BCUT2D eigenvalue weighted by Gasteiger charge is 2.33. The highest BCUT2D eigenvalue weighted by molar-refractivity contribution is 7.91. The Balaban J connectivity index is 2.16. The van der Waals surface area contributed by atoms with Gasteiger partial charge in [0, 0.05) is 12.1 Å². The lowest BCUT2D eigenvalue weighted by Crippen LogP contribution is -2.24. The summed E-state index contributed by atoms with van der Waals surface area (Å²) in [6.07, 6.45) is 0.171. The molecular formula is C11H11FN2O5S. The van der Waals surface area contributed by atoms with Crippen LogP contribution >= 0.6 is 0 Å². The van der Waals surface area contributed by atoms with Gasteiger partial charge in [-0.15, -0.1) is 0 Å². The Bertz CT molecular complexity index is 673. The second-order valence-electron chi connectivity index (χ2n) is 4.51. The third-order valence-corrected chi connectivity index (χ3v) is 4.79. The summed E-state index contributed by atoms with van der Waals surface area (Å²) in [5, 5.41) is 12.8. The first-order chi connectivity index (χ1) is 9.28. The van der Waals surface area contributed by atoms with E-state index in [0.717, 1.165) is 18.2 Å². The van der Waals surface area contributed by atoms with Crippen molar-refractivity contribution in [2.45, 2.75) is 6.42 Å². The molecule has 20 heavy (non-hydrogen) atoms. The van der Waals surface area contributed by atoms with Gasteiger partial charge in [-0.1, -0.05) is 0 Å². The van der Waals surface area contributed by atoms with Gasteiger partial charge < -0.3 is 5.32 Å². The van der Waals surface area contributed by atoms with Crippen LogP contribution in [0, 0.1) is 21.8 Å². The first kappa shape index (κ1) is 14.4. The molecule has 1 heterocycles. The Hall–Kier alpha value is -2.03. The van der Waals surface area contributed by atoms with E-state index in [4.69, 9.17) is 0 Å². The van der Waals surface area contributed by atoms with Crippen molar-refractivity contribution in [2.24, 2.45) is 5.92 Å². The number of nitrogens with zero attached hydrogens (tertiary/aromatic N) is 1. The Labute approximate surface area is 113 Å². The van der Waals surface area contributed by atoms with Gasteiger partial charge in [0.2, 0.25) is 5.91 Å². The molecule has 9 heteroatoms. The summed E-state index contributed by atoms with van der Waals surface area (Å²) >= 11 is 0. The minimum Gasteiger partial charge on any atom is -0.323 e. The minimum atomic E-state index is -3.23. The van der Waals surface area contributed by atoms with Gasteiger partial charge >= 0.3 is 0 Å². The van der Waals surface area contributed by atoms with Crippen LogP contribution in [0.25, 0.3) is 0 Å². The van der Waals surface area contributed by atoms with E-state index >= 15 is 0 Å². The number of amides is 1. The van der Waals surface area contributed by atoms with Crippen LogP contribution in [0.4, 0.5) is 15.8 Å². The normalized spacial score (nSPS) is 20.6. The number of nitrogens with one attached hydrogen (secondary N) is 1. The highest BCUT2D eigenvalue weighted by atomic mass is 32.2. The van der Waals surface area contributed by atoms with Crippen molar-refractivity contribution in [1.82, 2.24) is 0 Å². The van der Waals surface area contributed by atoms with Gasteiger partial charge in [-0.05, 0) is 12.5 Å². The number of carbonyl (C=O) groups is 1. The van der Waals surface area contributed by atoms with Crippen molar-refractivity contribution in [3.8, 4) is 0 Å². The lowest BCUT2D eigenvalue weighted by molar-refractivity contribution is -0.384. The third-order valence-electron chi connectivity index (χ3n) is 3.02. The van der Waals surface area contributed by atoms with E-state index in [1.807, 2.05) is 0 Å². The fourth-order valence-electron chi connectivity index (χ4n) is 1.96. The maximum absolute atomic E-state index is 13.5. The Morgan fingerprint density at radius 2 is 2.15 bits per heavy atom. The molecular weight excluding hydrogens is 291 g/mol. The number of rotatable bonds is 3. The van der Waals surface area contributed by atoms with Crippen LogP contribution in [0.1, 0.15) is 6.42 Å². The van der Waals surface area contributed by atoms with Gasteiger partial charge in [-0.25, -0.2) is 12.8 Å². The number of anilines is 1. The highest BCUT2D eigenvalue weighted by Crippen LogP contribution is 2.24. The van der Waals surface area contributed by atoms with Crippen molar-refractivity contribution < 1.29 is 22.5 Å². The van der Waals surface area contributed by atoms with E-state index in [1.54, 1.807) is 0 Å². The molecule has 1 aliphatic heterocycles. The quantitative estimate of drug-likeness (QED) is 0.665. The number of sulfone groups is 1. The van der Waals surface area contributed by atoms with Gasteiger partial charge in [0.1, 0.15) is 5.82 Å². The van der Waals surface area contributed by atoms with Gasteiger partial charge in [-0.2, -0.15) is 0 Å². The van der Waals surface area contributed by atoms with Crippen molar-refractivity contribution in [1.29, 1.82) is 0 Å². The van der Waals surface area contributed by atoms with Crippen LogP contribution < -0.4 is 5.32 Å². The van der Waals surface area contributed by atoms with Crippen molar-refractivity contribution in [3.63, 3.8) is 0 Å². The van der Waals surface area contributed by atoms with Gasteiger partial charge in [0.25, 0.3) is 5.69 Å². The molecule has 1 aromatic rings. The monoisotopic (exact) mass is 302 g/mol. The maximum Gasteiger partial charge on any atom is 0.271 e. The third kappa shape index (κ3) is 3.10. The van der Waals surface area contributed by atoms with Gasteiger partial charge in [0.05, 0.1) is 28.0 Å². The number of nitro groups is 1. The van der Waals surface area contributed by atoms with Gasteiger partial charge in [-0.3, -0.25) is 14.9 Å². The summed E-state index contributed by atoms with van der Waals surface area (Å²) in [5.41, 5.74) is -0.686. The lowest BCUT2D eigenvalue weighted by Gasteiger charge is -2.10. The molecule has 0 bridgehead atoms. The molecule has 0 aromatic heterocycles. The van der Waals surface area contributed by atoms with Crippen LogP contribution in [-0.4, -0.2) is 30.8 Å². The predicted molar refractivity (Wildman–Crippen MR) is 68.4 cm³/mol. The number of hydrogen-bond donors (Lipinski definition) is 1. The average Bonchev–Trinajstić information content (AvgIpc) is 2.72. The molecule has 1 saturated heterocycles. The van der Waals surface area contributed by atoms with Crippen LogP contribution in [-0.2, 0) is 14.6 Å². The molecule has 1 atom stereocenters. The molecule has 1 fully saturated rings. The van der Waals surface area contributed by atoms with E-state index in [2.05, 4.69) is 5.32 Å².